The molecular formula is C14H16ClN3O4S. The molecule has 0 saturated heterocycles. The molecule has 7 nitrogen and oxygen atoms in total. The maximum atomic E-state index is 12.7. The van der Waals surface area contributed by atoms with Gasteiger partial charge in [0.05, 0.1) is 15.6 Å². The number of carbonyl (C=O) groups is 1. The van der Waals surface area contributed by atoms with Gasteiger partial charge >= 0.3 is 0 Å². The number of hydrogen-bond donors (Lipinski definition) is 2. The fourth-order valence-electron chi connectivity index (χ4n) is 2.36. The number of aromatic amines is 1. The number of nitrogens with zero attached hydrogens (tertiary/aromatic N) is 1. The number of anilines is 1. The fraction of sp³-hybridized carbons (Fsp3) is 0.286. The van der Waals surface area contributed by atoms with E-state index in [1.807, 2.05) is 0 Å². The zero-order valence-electron chi connectivity index (χ0n) is 13.0. The number of halogens is 1. The third-order valence-electron chi connectivity index (χ3n) is 3.45. The van der Waals surface area contributed by atoms with Gasteiger partial charge in [-0.05, 0) is 19.1 Å². The van der Waals surface area contributed by atoms with Crippen molar-refractivity contribution in [3.63, 3.8) is 0 Å². The molecule has 124 valence electrons. The third kappa shape index (κ3) is 2.91. The number of hydrogen-bond acceptors (Lipinski definition) is 5. The van der Waals surface area contributed by atoms with E-state index < -0.39 is 21.2 Å². The predicted octanol–water partition coefficient (Wildman–Crippen LogP) is 1.35. The van der Waals surface area contributed by atoms with Gasteiger partial charge in [-0.1, -0.05) is 11.6 Å². The number of nitrogens with one attached hydrogen (secondary N) is 2. The average molecular weight is 358 g/mol. The van der Waals surface area contributed by atoms with Crippen LogP contribution < -0.4 is 10.9 Å². The van der Waals surface area contributed by atoms with E-state index in [0.29, 0.717) is 5.69 Å². The van der Waals surface area contributed by atoms with Gasteiger partial charge < -0.3 is 5.32 Å². The molecular weight excluding hydrogens is 342 g/mol. The highest BCUT2D eigenvalue weighted by Crippen LogP contribution is 2.33. The van der Waals surface area contributed by atoms with Crippen molar-refractivity contribution in [2.75, 3.05) is 18.6 Å². The molecule has 2 aromatic rings. The Balaban J connectivity index is 2.71. The summed E-state index contributed by atoms with van der Waals surface area (Å²) in [5.41, 5.74) is 0.107. The Bertz CT molecular complexity index is 957. The van der Waals surface area contributed by atoms with Crippen LogP contribution in [0.2, 0.25) is 5.02 Å². The first kappa shape index (κ1) is 17.3. The van der Waals surface area contributed by atoms with E-state index >= 15 is 0 Å². The SMILES string of the molecule is CNc1c(S(C)(=O)=O)ccc(C(=O)c2c(C)[nH]n(C)c2=O)c1Cl. The molecule has 0 atom stereocenters. The van der Waals surface area contributed by atoms with Crippen LogP contribution in [0.1, 0.15) is 21.6 Å². The van der Waals surface area contributed by atoms with E-state index in [2.05, 4.69) is 10.4 Å². The lowest BCUT2D eigenvalue weighted by Gasteiger charge is -2.12. The molecule has 23 heavy (non-hydrogen) atoms. The highest BCUT2D eigenvalue weighted by atomic mass is 35.5. The molecule has 9 heteroatoms. The number of carbonyl (C=O) groups excluding carboxylic acids is 1. The smallest absolute Gasteiger partial charge is 0.277 e. The van der Waals surface area contributed by atoms with Crippen LogP contribution in [0.4, 0.5) is 5.69 Å². The molecule has 0 unspecified atom stereocenters. The van der Waals surface area contributed by atoms with E-state index in [4.69, 9.17) is 11.6 Å². The predicted molar refractivity (Wildman–Crippen MR) is 88.3 cm³/mol. The second kappa shape index (κ2) is 5.86. The second-order valence-electron chi connectivity index (χ2n) is 5.13. The maximum Gasteiger partial charge on any atom is 0.277 e. The zero-order chi connectivity index (χ0) is 17.5. The van der Waals surface area contributed by atoms with Gasteiger partial charge in [-0.2, -0.15) is 0 Å². The van der Waals surface area contributed by atoms with Crippen molar-refractivity contribution in [3.05, 3.63) is 44.3 Å². The summed E-state index contributed by atoms with van der Waals surface area (Å²) in [4.78, 5) is 24.7. The second-order valence-corrected chi connectivity index (χ2v) is 7.49. The molecule has 0 amide bonds. The normalized spacial score (nSPS) is 11.5. The van der Waals surface area contributed by atoms with E-state index in [-0.39, 0.29) is 26.7 Å². The quantitative estimate of drug-likeness (QED) is 0.804. The highest BCUT2D eigenvalue weighted by Gasteiger charge is 2.25. The largest absolute Gasteiger partial charge is 0.386 e. The topological polar surface area (TPSA) is 101 Å². The number of ketones is 1. The molecule has 0 radical (unpaired) electrons. The number of benzene rings is 1. The number of rotatable bonds is 4. The number of aryl methyl sites for hydroxylation is 2. The Morgan fingerprint density at radius 3 is 2.39 bits per heavy atom. The number of sulfone groups is 1. The molecule has 2 N–H and O–H groups in total. The Kier molecular flexibility index (Phi) is 4.41. The van der Waals surface area contributed by atoms with Gasteiger partial charge in [0.1, 0.15) is 5.56 Å². The molecule has 0 fully saturated rings. The third-order valence-corrected chi connectivity index (χ3v) is 4.99. The van der Waals surface area contributed by atoms with Crippen LogP contribution in [0.25, 0.3) is 0 Å². The minimum atomic E-state index is -3.52. The molecule has 0 spiro atoms. The summed E-state index contributed by atoms with van der Waals surface area (Å²) in [6.45, 7) is 1.60. The molecule has 0 aliphatic rings. The van der Waals surface area contributed by atoms with Crippen LogP contribution in [-0.4, -0.2) is 37.3 Å². The summed E-state index contributed by atoms with van der Waals surface area (Å²) in [5, 5.41) is 5.40. The standard InChI is InChI=1S/C14H16ClN3O4S/c1-7-10(14(20)18(3)17-7)13(19)8-5-6-9(23(4,21)22)12(16-2)11(8)15/h5-6,16-17H,1-4H3. The van der Waals surface area contributed by atoms with Gasteiger partial charge in [0.15, 0.2) is 9.84 Å². The van der Waals surface area contributed by atoms with Crippen LogP contribution in [0, 0.1) is 6.92 Å². The minimum absolute atomic E-state index is 0.0137. The molecule has 0 aliphatic heterocycles. The fourth-order valence-corrected chi connectivity index (χ4v) is 3.66. The summed E-state index contributed by atoms with van der Waals surface area (Å²) in [6.07, 6.45) is 1.05. The molecule has 2 rings (SSSR count). The summed E-state index contributed by atoms with van der Waals surface area (Å²) in [7, 11) is -0.513. The van der Waals surface area contributed by atoms with Crippen LogP contribution >= 0.6 is 11.6 Å². The van der Waals surface area contributed by atoms with Crippen molar-refractivity contribution >= 4 is 32.9 Å². The summed E-state index contributed by atoms with van der Waals surface area (Å²) >= 11 is 6.21. The summed E-state index contributed by atoms with van der Waals surface area (Å²) < 4.78 is 24.8. The van der Waals surface area contributed by atoms with Crippen LogP contribution in [0.5, 0.6) is 0 Å². The van der Waals surface area contributed by atoms with E-state index in [1.54, 1.807) is 6.92 Å². The zero-order valence-corrected chi connectivity index (χ0v) is 14.6. The van der Waals surface area contributed by atoms with Crippen molar-refractivity contribution in [1.82, 2.24) is 9.78 Å². The Hall–Kier alpha value is -2.06. The average Bonchev–Trinajstić information content (AvgIpc) is 2.70. The van der Waals surface area contributed by atoms with Crippen molar-refractivity contribution < 1.29 is 13.2 Å². The molecule has 1 aromatic carbocycles. The molecule has 0 aliphatic carbocycles. The molecule has 1 aromatic heterocycles. The van der Waals surface area contributed by atoms with Gasteiger partial charge in [0.25, 0.3) is 5.56 Å². The van der Waals surface area contributed by atoms with E-state index in [1.165, 1.54) is 30.9 Å². The molecule has 0 saturated carbocycles. The molecule has 1 heterocycles. The van der Waals surface area contributed by atoms with Gasteiger partial charge in [-0.3, -0.25) is 19.4 Å². The number of aromatic nitrogens is 2. The lowest BCUT2D eigenvalue weighted by molar-refractivity contribution is 0.103. The minimum Gasteiger partial charge on any atom is -0.386 e. The summed E-state index contributed by atoms with van der Waals surface area (Å²) in [6, 6.07) is 2.61. The highest BCUT2D eigenvalue weighted by molar-refractivity contribution is 7.90. The van der Waals surface area contributed by atoms with Crippen LogP contribution in [-0.2, 0) is 16.9 Å². The van der Waals surface area contributed by atoms with Gasteiger partial charge in [0, 0.05) is 31.6 Å². The monoisotopic (exact) mass is 357 g/mol. The Morgan fingerprint density at radius 1 is 1.35 bits per heavy atom. The maximum absolute atomic E-state index is 12.7. The van der Waals surface area contributed by atoms with Crippen LogP contribution in [0.15, 0.2) is 21.8 Å². The Morgan fingerprint density at radius 2 is 1.96 bits per heavy atom. The lowest BCUT2D eigenvalue weighted by atomic mass is 10.0. The first-order chi connectivity index (χ1) is 10.6. The first-order valence-corrected chi connectivity index (χ1v) is 8.87. The molecule has 0 bridgehead atoms. The Labute approximate surface area is 138 Å². The van der Waals surface area contributed by atoms with Crippen molar-refractivity contribution in [1.29, 1.82) is 0 Å². The summed E-state index contributed by atoms with van der Waals surface area (Å²) in [5.74, 6) is -0.564. The van der Waals surface area contributed by atoms with Crippen molar-refractivity contribution in [2.45, 2.75) is 11.8 Å². The lowest BCUT2D eigenvalue weighted by Crippen LogP contribution is -2.20. The number of H-pyrrole nitrogens is 1. The van der Waals surface area contributed by atoms with Crippen molar-refractivity contribution in [3.8, 4) is 0 Å². The van der Waals surface area contributed by atoms with Gasteiger partial charge in [0.2, 0.25) is 5.78 Å². The van der Waals surface area contributed by atoms with E-state index in [9.17, 15) is 18.0 Å². The van der Waals surface area contributed by atoms with E-state index in [0.717, 1.165) is 6.26 Å². The van der Waals surface area contributed by atoms with Gasteiger partial charge in [-0.15, -0.1) is 0 Å². The first-order valence-electron chi connectivity index (χ1n) is 6.60. The van der Waals surface area contributed by atoms with Crippen LogP contribution in [0.3, 0.4) is 0 Å². The van der Waals surface area contributed by atoms with Gasteiger partial charge in [-0.25, -0.2) is 8.42 Å². The van der Waals surface area contributed by atoms with Crippen molar-refractivity contribution in [2.24, 2.45) is 7.05 Å².